The van der Waals surface area contributed by atoms with E-state index in [0.29, 0.717) is 12.6 Å². The van der Waals surface area contributed by atoms with Gasteiger partial charge in [0.25, 0.3) is 0 Å². The molecule has 1 unspecified atom stereocenters. The van der Waals surface area contributed by atoms with Crippen LogP contribution in [0.2, 0.25) is 0 Å². The van der Waals surface area contributed by atoms with Gasteiger partial charge in [-0.15, -0.1) is 0 Å². The lowest BCUT2D eigenvalue weighted by molar-refractivity contribution is -0.0968. The van der Waals surface area contributed by atoms with Crippen molar-refractivity contribution >= 4 is 0 Å². The Morgan fingerprint density at radius 3 is 2.47 bits per heavy atom. The molecule has 1 aromatic rings. The SMILES string of the molecule is Cc1cccc(C)c1C(CN)N1CCOC(C)(C)C1. The first-order valence-corrected chi connectivity index (χ1v) is 7.09. The third kappa shape index (κ3) is 3.16. The van der Waals surface area contributed by atoms with Crippen LogP contribution in [0.15, 0.2) is 18.2 Å². The zero-order valence-electron chi connectivity index (χ0n) is 12.6. The van der Waals surface area contributed by atoms with Crippen LogP contribution in [0.4, 0.5) is 0 Å². The summed E-state index contributed by atoms with van der Waals surface area (Å²) in [5.74, 6) is 0. The summed E-state index contributed by atoms with van der Waals surface area (Å²) >= 11 is 0. The van der Waals surface area contributed by atoms with Crippen molar-refractivity contribution < 1.29 is 4.74 Å². The largest absolute Gasteiger partial charge is 0.373 e. The van der Waals surface area contributed by atoms with Gasteiger partial charge in [-0.05, 0) is 44.4 Å². The highest BCUT2D eigenvalue weighted by Gasteiger charge is 2.32. The van der Waals surface area contributed by atoms with E-state index >= 15 is 0 Å². The molecule has 1 atom stereocenters. The maximum Gasteiger partial charge on any atom is 0.0753 e. The molecule has 1 fully saturated rings. The summed E-state index contributed by atoms with van der Waals surface area (Å²) in [7, 11) is 0. The predicted molar refractivity (Wildman–Crippen MR) is 79.3 cm³/mol. The van der Waals surface area contributed by atoms with Crippen LogP contribution in [0.25, 0.3) is 0 Å². The average molecular weight is 262 g/mol. The number of hydrogen-bond acceptors (Lipinski definition) is 3. The number of morpholine rings is 1. The Kier molecular flexibility index (Phi) is 4.29. The summed E-state index contributed by atoms with van der Waals surface area (Å²) in [4.78, 5) is 2.47. The Labute approximate surface area is 116 Å². The smallest absolute Gasteiger partial charge is 0.0753 e. The van der Waals surface area contributed by atoms with Crippen molar-refractivity contribution in [3.8, 4) is 0 Å². The lowest BCUT2D eigenvalue weighted by Crippen LogP contribution is -2.51. The zero-order valence-corrected chi connectivity index (χ0v) is 12.6. The van der Waals surface area contributed by atoms with Gasteiger partial charge in [0.15, 0.2) is 0 Å². The Morgan fingerprint density at radius 1 is 1.32 bits per heavy atom. The van der Waals surface area contributed by atoms with E-state index in [1.807, 2.05) is 0 Å². The van der Waals surface area contributed by atoms with E-state index in [0.717, 1.165) is 19.7 Å². The van der Waals surface area contributed by atoms with Crippen molar-refractivity contribution in [3.05, 3.63) is 34.9 Å². The third-order valence-corrected chi connectivity index (χ3v) is 3.99. The van der Waals surface area contributed by atoms with Crippen molar-refractivity contribution in [1.29, 1.82) is 0 Å². The van der Waals surface area contributed by atoms with Gasteiger partial charge in [-0.2, -0.15) is 0 Å². The Hall–Kier alpha value is -0.900. The number of ether oxygens (including phenoxy) is 1. The number of nitrogens with zero attached hydrogens (tertiary/aromatic N) is 1. The van der Waals surface area contributed by atoms with Gasteiger partial charge in [-0.3, -0.25) is 4.90 Å². The lowest BCUT2D eigenvalue weighted by Gasteiger charge is -2.42. The highest BCUT2D eigenvalue weighted by atomic mass is 16.5. The zero-order chi connectivity index (χ0) is 14.0. The molecule has 106 valence electrons. The van der Waals surface area contributed by atoms with Crippen molar-refractivity contribution in [2.45, 2.75) is 39.3 Å². The molecule has 0 bridgehead atoms. The van der Waals surface area contributed by atoms with Gasteiger partial charge in [0, 0.05) is 25.7 Å². The van der Waals surface area contributed by atoms with Crippen LogP contribution >= 0.6 is 0 Å². The molecule has 0 aliphatic carbocycles. The van der Waals surface area contributed by atoms with Crippen LogP contribution in [0, 0.1) is 13.8 Å². The van der Waals surface area contributed by atoms with Crippen LogP contribution in [0.1, 0.15) is 36.6 Å². The van der Waals surface area contributed by atoms with E-state index in [9.17, 15) is 0 Å². The first-order valence-electron chi connectivity index (χ1n) is 7.09. The molecule has 1 aliphatic rings. The monoisotopic (exact) mass is 262 g/mol. The molecule has 3 nitrogen and oxygen atoms in total. The van der Waals surface area contributed by atoms with Crippen LogP contribution in [-0.4, -0.2) is 36.7 Å². The van der Waals surface area contributed by atoms with Gasteiger partial charge in [0.05, 0.1) is 12.2 Å². The standard InChI is InChI=1S/C16H26N2O/c1-12-6-5-7-13(2)15(12)14(10-17)18-8-9-19-16(3,4)11-18/h5-7,14H,8-11,17H2,1-4H3. The molecule has 3 heteroatoms. The van der Waals surface area contributed by atoms with E-state index < -0.39 is 0 Å². The summed E-state index contributed by atoms with van der Waals surface area (Å²) in [6.45, 7) is 12.0. The molecule has 0 radical (unpaired) electrons. The minimum atomic E-state index is -0.0811. The van der Waals surface area contributed by atoms with Crippen LogP contribution in [0.3, 0.4) is 0 Å². The second-order valence-corrected chi connectivity index (χ2v) is 6.14. The Bertz CT molecular complexity index is 422. The van der Waals surface area contributed by atoms with Gasteiger partial charge in [0.1, 0.15) is 0 Å². The molecule has 2 N–H and O–H groups in total. The molecule has 1 aliphatic heterocycles. The number of hydrogen-bond donors (Lipinski definition) is 1. The average Bonchev–Trinajstić information content (AvgIpc) is 2.32. The van der Waals surface area contributed by atoms with Gasteiger partial charge in [-0.25, -0.2) is 0 Å². The molecule has 0 amide bonds. The normalized spacial score (nSPS) is 21.3. The summed E-state index contributed by atoms with van der Waals surface area (Å²) in [6, 6.07) is 6.77. The summed E-state index contributed by atoms with van der Waals surface area (Å²) in [5, 5.41) is 0. The molecule has 1 saturated heterocycles. The molecule has 0 saturated carbocycles. The van der Waals surface area contributed by atoms with Crippen LogP contribution < -0.4 is 5.73 Å². The van der Waals surface area contributed by atoms with E-state index in [1.165, 1.54) is 16.7 Å². The molecule has 19 heavy (non-hydrogen) atoms. The quantitative estimate of drug-likeness (QED) is 0.909. The fourth-order valence-electron chi connectivity index (χ4n) is 3.12. The van der Waals surface area contributed by atoms with Crippen molar-refractivity contribution in [2.75, 3.05) is 26.2 Å². The van der Waals surface area contributed by atoms with E-state index in [2.05, 4.69) is 50.8 Å². The topological polar surface area (TPSA) is 38.5 Å². The minimum absolute atomic E-state index is 0.0811. The van der Waals surface area contributed by atoms with E-state index in [4.69, 9.17) is 10.5 Å². The highest BCUT2D eigenvalue weighted by molar-refractivity contribution is 5.36. The molecule has 1 heterocycles. The number of rotatable bonds is 3. The maximum absolute atomic E-state index is 6.08. The number of nitrogens with two attached hydrogens (primary N) is 1. The second kappa shape index (κ2) is 5.61. The summed E-state index contributed by atoms with van der Waals surface area (Å²) < 4.78 is 5.80. The molecular weight excluding hydrogens is 236 g/mol. The summed E-state index contributed by atoms with van der Waals surface area (Å²) in [6.07, 6.45) is 0. The van der Waals surface area contributed by atoms with Crippen molar-refractivity contribution in [3.63, 3.8) is 0 Å². The predicted octanol–water partition coefficient (Wildman–Crippen LogP) is 2.41. The van der Waals surface area contributed by atoms with Crippen LogP contribution in [0.5, 0.6) is 0 Å². The lowest BCUT2D eigenvalue weighted by atomic mass is 9.93. The van der Waals surface area contributed by atoms with Crippen molar-refractivity contribution in [1.82, 2.24) is 4.90 Å². The molecule has 2 rings (SSSR count). The third-order valence-electron chi connectivity index (χ3n) is 3.99. The fraction of sp³-hybridized carbons (Fsp3) is 0.625. The van der Waals surface area contributed by atoms with Gasteiger partial charge in [0.2, 0.25) is 0 Å². The summed E-state index contributed by atoms with van der Waals surface area (Å²) in [5.41, 5.74) is 10.1. The molecule has 1 aromatic carbocycles. The van der Waals surface area contributed by atoms with Gasteiger partial charge < -0.3 is 10.5 Å². The van der Waals surface area contributed by atoms with Gasteiger partial charge >= 0.3 is 0 Å². The van der Waals surface area contributed by atoms with E-state index in [1.54, 1.807) is 0 Å². The molecule has 0 spiro atoms. The first-order chi connectivity index (χ1) is 8.94. The minimum Gasteiger partial charge on any atom is -0.373 e. The van der Waals surface area contributed by atoms with Crippen LogP contribution in [-0.2, 0) is 4.74 Å². The fourth-order valence-corrected chi connectivity index (χ4v) is 3.12. The van der Waals surface area contributed by atoms with E-state index in [-0.39, 0.29) is 5.60 Å². The molecular formula is C16H26N2O. The van der Waals surface area contributed by atoms with Crippen molar-refractivity contribution in [2.24, 2.45) is 5.73 Å². The molecule has 0 aromatic heterocycles. The second-order valence-electron chi connectivity index (χ2n) is 6.14. The maximum atomic E-state index is 6.08. The number of aryl methyl sites for hydroxylation is 2. The first kappa shape index (κ1) is 14.5. The highest BCUT2D eigenvalue weighted by Crippen LogP contribution is 2.29. The van der Waals surface area contributed by atoms with Gasteiger partial charge in [-0.1, -0.05) is 18.2 Å². The Balaban J connectivity index is 2.29. The number of benzene rings is 1. The Morgan fingerprint density at radius 2 is 1.95 bits per heavy atom.